The van der Waals surface area contributed by atoms with Gasteiger partial charge < -0.3 is 30.2 Å². The first-order chi connectivity index (χ1) is 19.3. The van der Waals surface area contributed by atoms with E-state index in [1.54, 1.807) is 25.1 Å². The molecule has 0 aliphatic heterocycles. The molecule has 1 heterocycles. The predicted molar refractivity (Wildman–Crippen MR) is 147 cm³/mol. The SMILES string of the molecule is CCN/C=C(\C(=O)Nc1ccc(F)cc1)C(=O)Nc1ccc(Oc2ccnc3cc(OC)cc(OC)c23)c(F)c1. The summed E-state index contributed by atoms with van der Waals surface area (Å²) in [5.74, 6) is -1.59. The Bertz CT molecular complexity index is 1580. The van der Waals surface area contributed by atoms with Crippen molar-refractivity contribution in [2.24, 2.45) is 0 Å². The van der Waals surface area contributed by atoms with Crippen LogP contribution < -0.4 is 30.2 Å². The van der Waals surface area contributed by atoms with Crippen molar-refractivity contribution in [1.82, 2.24) is 10.3 Å². The van der Waals surface area contributed by atoms with E-state index in [0.29, 0.717) is 40.4 Å². The highest BCUT2D eigenvalue weighted by Crippen LogP contribution is 2.39. The van der Waals surface area contributed by atoms with Crippen LogP contribution in [0.5, 0.6) is 23.0 Å². The van der Waals surface area contributed by atoms with Crippen molar-refractivity contribution in [3.63, 3.8) is 0 Å². The second kappa shape index (κ2) is 12.6. The van der Waals surface area contributed by atoms with Crippen LogP contribution in [0.2, 0.25) is 0 Å². The number of amides is 2. The van der Waals surface area contributed by atoms with Crippen LogP contribution in [0, 0.1) is 11.6 Å². The number of hydrogen-bond donors (Lipinski definition) is 3. The van der Waals surface area contributed by atoms with E-state index < -0.39 is 23.4 Å². The van der Waals surface area contributed by atoms with E-state index in [1.165, 1.54) is 63.0 Å². The lowest BCUT2D eigenvalue weighted by molar-refractivity contribution is -0.118. The average Bonchev–Trinajstić information content (AvgIpc) is 2.95. The van der Waals surface area contributed by atoms with Gasteiger partial charge in [-0.1, -0.05) is 0 Å². The molecule has 2 amide bonds. The number of benzene rings is 3. The zero-order valence-electron chi connectivity index (χ0n) is 21.9. The second-order valence-corrected chi connectivity index (χ2v) is 8.31. The number of halogens is 2. The number of fused-ring (bicyclic) bond motifs is 1. The van der Waals surface area contributed by atoms with Crippen LogP contribution in [0.4, 0.5) is 20.2 Å². The van der Waals surface area contributed by atoms with Crippen LogP contribution >= 0.6 is 0 Å². The molecule has 9 nitrogen and oxygen atoms in total. The highest BCUT2D eigenvalue weighted by atomic mass is 19.1. The van der Waals surface area contributed by atoms with Gasteiger partial charge in [-0.15, -0.1) is 0 Å². The second-order valence-electron chi connectivity index (χ2n) is 8.31. The monoisotopic (exact) mass is 548 g/mol. The first-order valence-corrected chi connectivity index (χ1v) is 12.1. The van der Waals surface area contributed by atoms with Crippen molar-refractivity contribution in [3.05, 3.63) is 90.3 Å². The molecule has 0 fully saturated rings. The Balaban J connectivity index is 1.53. The van der Waals surface area contributed by atoms with Crippen molar-refractivity contribution < 1.29 is 32.6 Å². The van der Waals surface area contributed by atoms with Crippen LogP contribution in [-0.2, 0) is 9.59 Å². The van der Waals surface area contributed by atoms with Crippen molar-refractivity contribution in [2.75, 3.05) is 31.4 Å². The Morgan fingerprint density at radius 1 is 0.850 bits per heavy atom. The van der Waals surface area contributed by atoms with Crippen LogP contribution in [-0.4, -0.2) is 37.6 Å². The molecule has 0 unspecified atom stereocenters. The Morgan fingerprint density at radius 2 is 1.55 bits per heavy atom. The van der Waals surface area contributed by atoms with Gasteiger partial charge in [-0.2, -0.15) is 0 Å². The molecule has 0 saturated heterocycles. The van der Waals surface area contributed by atoms with Crippen molar-refractivity contribution >= 4 is 34.1 Å². The summed E-state index contributed by atoms with van der Waals surface area (Å²) in [6.45, 7) is 2.23. The summed E-state index contributed by atoms with van der Waals surface area (Å²) in [6.07, 6.45) is 2.76. The number of nitrogens with zero attached hydrogens (tertiary/aromatic N) is 1. The summed E-state index contributed by atoms with van der Waals surface area (Å²) < 4.78 is 44.8. The maximum Gasteiger partial charge on any atom is 0.262 e. The highest BCUT2D eigenvalue weighted by Gasteiger charge is 2.20. The quantitative estimate of drug-likeness (QED) is 0.138. The van der Waals surface area contributed by atoms with E-state index in [1.807, 2.05) is 0 Å². The van der Waals surface area contributed by atoms with E-state index in [9.17, 15) is 14.0 Å². The maximum atomic E-state index is 15.1. The first kappa shape index (κ1) is 27.8. The molecule has 0 radical (unpaired) electrons. The molecule has 3 aromatic carbocycles. The zero-order chi connectivity index (χ0) is 28.6. The molecule has 11 heteroatoms. The first-order valence-electron chi connectivity index (χ1n) is 12.1. The number of methoxy groups -OCH3 is 2. The molecule has 4 aromatic rings. The predicted octanol–water partition coefficient (Wildman–Crippen LogP) is 5.39. The number of pyridine rings is 1. The molecule has 0 aliphatic rings. The number of carbonyl (C=O) groups is 2. The van der Waals surface area contributed by atoms with Gasteiger partial charge in [0.1, 0.15) is 28.6 Å². The number of carbonyl (C=O) groups excluding carboxylic acids is 2. The Labute approximate surface area is 228 Å². The Kier molecular flexibility index (Phi) is 8.75. The molecule has 0 aliphatic carbocycles. The van der Waals surface area contributed by atoms with E-state index in [0.717, 1.165) is 6.07 Å². The van der Waals surface area contributed by atoms with Gasteiger partial charge in [0.25, 0.3) is 11.8 Å². The average molecular weight is 549 g/mol. The number of aromatic nitrogens is 1. The normalized spacial score (nSPS) is 11.1. The Morgan fingerprint density at radius 3 is 2.20 bits per heavy atom. The standard InChI is InChI=1S/C29H26F2N4O5/c1-4-32-16-21(28(36)34-18-7-5-17(30)6-8-18)29(37)35-19-9-10-24(22(31)13-19)40-25-11-12-33-23-14-20(38-2)15-26(39-3)27(23)25/h5-16,32H,4H2,1-3H3,(H,34,36)(H,35,37)/b21-16+. The molecular weight excluding hydrogens is 522 g/mol. The van der Waals surface area contributed by atoms with Gasteiger partial charge in [0.2, 0.25) is 0 Å². The lowest BCUT2D eigenvalue weighted by atomic mass is 10.1. The molecule has 0 atom stereocenters. The molecule has 0 bridgehead atoms. The number of nitrogens with one attached hydrogen (secondary N) is 3. The maximum absolute atomic E-state index is 15.1. The van der Waals surface area contributed by atoms with Gasteiger partial charge in [0.15, 0.2) is 11.6 Å². The fraction of sp³-hybridized carbons (Fsp3) is 0.138. The fourth-order valence-corrected chi connectivity index (χ4v) is 3.71. The summed E-state index contributed by atoms with van der Waals surface area (Å²) in [5, 5.41) is 8.37. The summed E-state index contributed by atoms with van der Waals surface area (Å²) >= 11 is 0. The van der Waals surface area contributed by atoms with Gasteiger partial charge in [-0.3, -0.25) is 14.6 Å². The minimum Gasteiger partial charge on any atom is -0.497 e. The third-order valence-electron chi connectivity index (χ3n) is 5.65. The van der Waals surface area contributed by atoms with Gasteiger partial charge in [-0.25, -0.2) is 8.78 Å². The highest BCUT2D eigenvalue weighted by molar-refractivity contribution is 6.26. The molecule has 3 N–H and O–H groups in total. The van der Waals surface area contributed by atoms with Crippen LogP contribution in [0.1, 0.15) is 6.92 Å². The van der Waals surface area contributed by atoms with Crippen LogP contribution in [0.25, 0.3) is 10.9 Å². The van der Waals surface area contributed by atoms with E-state index in [4.69, 9.17) is 14.2 Å². The summed E-state index contributed by atoms with van der Waals surface area (Å²) in [7, 11) is 3.01. The van der Waals surface area contributed by atoms with Gasteiger partial charge in [0, 0.05) is 48.5 Å². The van der Waals surface area contributed by atoms with E-state index in [-0.39, 0.29) is 17.0 Å². The summed E-state index contributed by atoms with van der Waals surface area (Å²) in [4.78, 5) is 30.0. The molecule has 0 saturated carbocycles. The number of ether oxygens (including phenoxy) is 3. The number of hydrogen-bond acceptors (Lipinski definition) is 7. The van der Waals surface area contributed by atoms with E-state index >= 15 is 4.39 Å². The molecule has 4 rings (SSSR count). The minimum atomic E-state index is -0.785. The number of rotatable bonds is 10. The van der Waals surface area contributed by atoms with Gasteiger partial charge in [-0.05, 0) is 49.4 Å². The fourth-order valence-electron chi connectivity index (χ4n) is 3.71. The van der Waals surface area contributed by atoms with Crippen molar-refractivity contribution in [2.45, 2.75) is 6.92 Å². The van der Waals surface area contributed by atoms with Crippen LogP contribution in [0.15, 0.2) is 78.6 Å². The molecule has 1 aromatic heterocycles. The molecular formula is C29H26F2N4O5. The third kappa shape index (κ3) is 6.44. The van der Waals surface area contributed by atoms with Gasteiger partial charge >= 0.3 is 0 Å². The molecule has 40 heavy (non-hydrogen) atoms. The van der Waals surface area contributed by atoms with Gasteiger partial charge in [0.05, 0.1) is 25.1 Å². The summed E-state index contributed by atoms with van der Waals surface area (Å²) in [5.41, 5.74) is 0.649. The van der Waals surface area contributed by atoms with Crippen LogP contribution in [0.3, 0.4) is 0 Å². The number of anilines is 2. The topological polar surface area (TPSA) is 111 Å². The lowest BCUT2D eigenvalue weighted by Gasteiger charge is -2.14. The molecule has 0 spiro atoms. The largest absolute Gasteiger partial charge is 0.497 e. The van der Waals surface area contributed by atoms with Crippen molar-refractivity contribution in [3.8, 4) is 23.0 Å². The third-order valence-corrected chi connectivity index (χ3v) is 5.65. The zero-order valence-corrected chi connectivity index (χ0v) is 21.9. The molecule has 206 valence electrons. The Hall–Kier alpha value is -5.19. The summed E-state index contributed by atoms with van der Waals surface area (Å²) in [6, 6.07) is 13.9. The minimum absolute atomic E-state index is 0.0914. The van der Waals surface area contributed by atoms with E-state index in [2.05, 4.69) is 20.9 Å². The smallest absolute Gasteiger partial charge is 0.262 e. The lowest BCUT2D eigenvalue weighted by Crippen LogP contribution is -2.27. The van der Waals surface area contributed by atoms with Crippen molar-refractivity contribution in [1.29, 1.82) is 0 Å².